The number of fused-ring (bicyclic) bond motifs is 1. The Morgan fingerprint density at radius 1 is 1.04 bits per heavy atom. The van der Waals surface area contributed by atoms with Crippen LogP contribution in [0.4, 0.5) is 0 Å². The van der Waals surface area contributed by atoms with E-state index in [1.165, 1.54) is 12.7 Å². The fourth-order valence-electron chi connectivity index (χ4n) is 3.97. The molecule has 0 radical (unpaired) electrons. The van der Waals surface area contributed by atoms with Gasteiger partial charge in [-0.05, 0) is 29.5 Å². The Morgan fingerprint density at radius 3 is 2.39 bits per heavy atom. The summed E-state index contributed by atoms with van der Waals surface area (Å²) in [7, 11) is 1.39. The van der Waals surface area contributed by atoms with Gasteiger partial charge in [0.15, 0.2) is 0 Å². The Labute approximate surface area is 165 Å². The first-order valence-electron chi connectivity index (χ1n) is 9.87. The topological polar surface area (TPSA) is 49.9 Å². The van der Waals surface area contributed by atoms with Crippen LogP contribution in [0.25, 0.3) is 0 Å². The SMILES string of the molecule is COC(=O)C1Cc2ccccc2CN1C(=O)CN(Cc1ccccc1)C1CC1. The van der Waals surface area contributed by atoms with E-state index in [1.807, 2.05) is 42.5 Å². The molecule has 146 valence electrons. The quantitative estimate of drug-likeness (QED) is 0.726. The summed E-state index contributed by atoms with van der Waals surface area (Å²) < 4.78 is 5.00. The lowest BCUT2D eigenvalue weighted by Gasteiger charge is -2.36. The molecule has 28 heavy (non-hydrogen) atoms. The van der Waals surface area contributed by atoms with Crippen LogP contribution in [0.15, 0.2) is 54.6 Å². The number of esters is 1. The Balaban J connectivity index is 1.52. The number of methoxy groups -OCH3 is 1. The smallest absolute Gasteiger partial charge is 0.328 e. The van der Waals surface area contributed by atoms with Crippen LogP contribution in [0, 0.1) is 0 Å². The van der Waals surface area contributed by atoms with Gasteiger partial charge in [0.05, 0.1) is 13.7 Å². The van der Waals surface area contributed by atoms with E-state index in [9.17, 15) is 9.59 Å². The summed E-state index contributed by atoms with van der Waals surface area (Å²) in [4.78, 5) is 29.6. The zero-order valence-corrected chi connectivity index (χ0v) is 16.2. The molecule has 0 bridgehead atoms. The Hall–Kier alpha value is -2.66. The zero-order chi connectivity index (χ0) is 19.5. The number of ether oxygens (including phenoxy) is 1. The summed E-state index contributed by atoms with van der Waals surface area (Å²) in [6, 6.07) is 18.2. The molecule has 1 unspecified atom stereocenters. The summed E-state index contributed by atoms with van der Waals surface area (Å²) >= 11 is 0. The third kappa shape index (κ3) is 4.09. The highest BCUT2D eigenvalue weighted by molar-refractivity contribution is 5.86. The minimum absolute atomic E-state index is 0.00673. The molecule has 0 aromatic heterocycles. The molecule has 1 aliphatic heterocycles. The van der Waals surface area contributed by atoms with Crippen LogP contribution in [-0.4, -0.2) is 47.4 Å². The molecule has 1 aliphatic carbocycles. The Bertz CT molecular complexity index is 848. The van der Waals surface area contributed by atoms with Crippen LogP contribution in [0.5, 0.6) is 0 Å². The molecule has 1 atom stereocenters. The van der Waals surface area contributed by atoms with Crippen molar-refractivity contribution in [3.05, 3.63) is 71.3 Å². The van der Waals surface area contributed by atoms with E-state index in [-0.39, 0.29) is 11.9 Å². The van der Waals surface area contributed by atoms with Gasteiger partial charge in [-0.1, -0.05) is 54.6 Å². The second-order valence-corrected chi connectivity index (χ2v) is 7.66. The van der Waals surface area contributed by atoms with E-state index in [1.54, 1.807) is 4.90 Å². The highest BCUT2D eigenvalue weighted by atomic mass is 16.5. The normalized spacial score (nSPS) is 18.6. The van der Waals surface area contributed by atoms with Gasteiger partial charge in [0.25, 0.3) is 0 Å². The minimum atomic E-state index is -0.551. The average molecular weight is 378 g/mol. The van der Waals surface area contributed by atoms with E-state index in [4.69, 9.17) is 4.74 Å². The average Bonchev–Trinajstić information content (AvgIpc) is 3.58. The molecule has 2 aliphatic rings. The number of carbonyl (C=O) groups excluding carboxylic acids is 2. The van der Waals surface area contributed by atoms with Crippen LogP contribution in [0.2, 0.25) is 0 Å². The first-order valence-corrected chi connectivity index (χ1v) is 9.87. The fourth-order valence-corrected chi connectivity index (χ4v) is 3.97. The molecule has 2 aromatic carbocycles. The summed E-state index contributed by atoms with van der Waals surface area (Å²) in [5.74, 6) is -0.350. The van der Waals surface area contributed by atoms with Crippen molar-refractivity contribution in [2.75, 3.05) is 13.7 Å². The Morgan fingerprint density at radius 2 is 1.71 bits per heavy atom. The van der Waals surface area contributed by atoms with Crippen LogP contribution < -0.4 is 0 Å². The summed E-state index contributed by atoms with van der Waals surface area (Å²) in [5, 5.41) is 0. The largest absolute Gasteiger partial charge is 0.467 e. The standard InChI is InChI=1S/C23H26N2O3/c1-28-23(27)21-13-18-9-5-6-10-19(18)15-25(21)22(26)16-24(20-11-12-20)14-17-7-3-2-4-8-17/h2-10,20-21H,11-16H2,1H3. The molecule has 2 aromatic rings. The predicted octanol–water partition coefficient (Wildman–Crippen LogP) is 2.78. The second-order valence-electron chi connectivity index (χ2n) is 7.66. The van der Waals surface area contributed by atoms with Crippen LogP contribution in [-0.2, 0) is 33.8 Å². The maximum absolute atomic E-state index is 13.2. The number of amides is 1. The van der Waals surface area contributed by atoms with Crippen molar-refractivity contribution in [3.8, 4) is 0 Å². The van der Waals surface area contributed by atoms with E-state index < -0.39 is 6.04 Å². The number of carbonyl (C=O) groups is 2. The monoisotopic (exact) mass is 378 g/mol. The third-order valence-corrected chi connectivity index (χ3v) is 5.67. The third-order valence-electron chi connectivity index (χ3n) is 5.67. The summed E-state index contributed by atoms with van der Waals surface area (Å²) in [6.45, 7) is 1.54. The molecule has 1 saturated carbocycles. The highest BCUT2D eigenvalue weighted by Gasteiger charge is 2.37. The van der Waals surface area contributed by atoms with Gasteiger partial charge in [-0.3, -0.25) is 9.69 Å². The molecule has 0 N–H and O–H groups in total. The molecule has 1 heterocycles. The lowest BCUT2D eigenvalue weighted by atomic mass is 9.94. The van der Waals surface area contributed by atoms with Gasteiger partial charge in [-0.25, -0.2) is 4.79 Å². The zero-order valence-electron chi connectivity index (χ0n) is 16.2. The van der Waals surface area contributed by atoms with Crippen LogP contribution in [0.3, 0.4) is 0 Å². The second kappa shape index (κ2) is 8.15. The molecule has 5 heteroatoms. The number of nitrogens with zero attached hydrogens (tertiary/aromatic N) is 2. The van der Waals surface area contributed by atoms with Crippen molar-refractivity contribution < 1.29 is 14.3 Å². The van der Waals surface area contributed by atoms with Crippen molar-refractivity contribution in [2.45, 2.75) is 44.4 Å². The van der Waals surface area contributed by atoms with Crippen LogP contribution >= 0.6 is 0 Å². The molecule has 0 spiro atoms. The van der Waals surface area contributed by atoms with Crippen molar-refractivity contribution >= 4 is 11.9 Å². The number of hydrogen-bond acceptors (Lipinski definition) is 4. The minimum Gasteiger partial charge on any atom is -0.467 e. The van der Waals surface area contributed by atoms with Crippen molar-refractivity contribution in [1.29, 1.82) is 0 Å². The predicted molar refractivity (Wildman–Crippen MR) is 106 cm³/mol. The van der Waals surface area contributed by atoms with Gasteiger partial charge in [0.1, 0.15) is 6.04 Å². The maximum atomic E-state index is 13.2. The number of benzene rings is 2. The van der Waals surface area contributed by atoms with Gasteiger partial charge in [0, 0.05) is 25.6 Å². The molecular formula is C23H26N2O3. The fraction of sp³-hybridized carbons (Fsp3) is 0.391. The molecular weight excluding hydrogens is 352 g/mol. The lowest BCUT2D eigenvalue weighted by Crippen LogP contribution is -2.52. The van der Waals surface area contributed by atoms with Gasteiger partial charge >= 0.3 is 5.97 Å². The van der Waals surface area contributed by atoms with Crippen LogP contribution in [0.1, 0.15) is 29.5 Å². The van der Waals surface area contributed by atoms with E-state index in [0.717, 1.165) is 30.5 Å². The first kappa shape index (κ1) is 18.7. The molecule has 1 amide bonds. The number of hydrogen-bond donors (Lipinski definition) is 0. The van der Waals surface area contributed by atoms with E-state index >= 15 is 0 Å². The van der Waals surface area contributed by atoms with Crippen molar-refractivity contribution in [3.63, 3.8) is 0 Å². The first-order chi connectivity index (χ1) is 13.7. The molecule has 4 rings (SSSR count). The highest BCUT2D eigenvalue weighted by Crippen LogP contribution is 2.29. The molecule has 0 saturated heterocycles. The summed E-state index contributed by atoms with van der Waals surface area (Å²) in [6.07, 6.45) is 2.77. The van der Waals surface area contributed by atoms with Gasteiger partial charge in [-0.2, -0.15) is 0 Å². The lowest BCUT2D eigenvalue weighted by molar-refractivity contribution is -0.154. The van der Waals surface area contributed by atoms with Crippen molar-refractivity contribution in [2.24, 2.45) is 0 Å². The van der Waals surface area contributed by atoms with Gasteiger partial charge < -0.3 is 9.64 Å². The van der Waals surface area contributed by atoms with Gasteiger partial charge in [0.2, 0.25) is 5.91 Å². The van der Waals surface area contributed by atoms with Gasteiger partial charge in [-0.15, -0.1) is 0 Å². The summed E-state index contributed by atoms with van der Waals surface area (Å²) in [5.41, 5.74) is 3.43. The van der Waals surface area contributed by atoms with Crippen molar-refractivity contribution in [1.82, 2.24) is 9.80 Å². The maximum Gasteiger partial charge on any atom is 0.328 e. The van der Waals surface area contributed by atoms with E-state index in [2.05, 4.69) is 17.0 Å². The van der Waals surface area contributed by atoms with E-state index in [0.29, 0.717) is 25.6 Å². The molecule has 1 fully saturated rings. The number of rotatable bonds is 6. The molecule has 5 nitrogen and oxygen atoms in total. The Kier molecular flexibility index (Phi) is 5.44.